The average Bonchev–Trinajstić information content (AvgIpc) is 2.26. The third-order valence-corrected chi connectivity index (χ3v) is 2.57. The molecule has 0 bridgehead atoms. The maximum absolute atomic E-state index is 5.62. The quantitative estimate of drug-likeness (QED) is 0.610. The Morgan fingerprint density at radius 3 is 2.65 bits per heavy atom. The van der Waals surface area contributed by atoms with Gasteiger partial charge in [-0.1, -0.05) is 27.7 Å². The minimum atomic E-state index is 0.0276. The highest BCUT2D eigenvalue weighted by Crippen LogP contribution is 2.32. The van der Waals surface area contributed by atoms with E-state index < -0.39 is 0 Å². The van der Waals surface area contributed by atoms with E-state index >= 15 is 0 Å². The first-order chi connectivity index (χ1) is 7.99. The highest BCUT2D eigenvalue weighted by molar-refractivity contribution is 5.27. The fourth-order valence-corrected chi connectivity index (χ4v) is 1.74. The summed E-state index contributed by atoms with van der Waals surface area (Å²) in [5, 5.41) is 0. The van der Waals surface area contributed by atoms with E-state index in [4.69, 9.17) is 10.6 Å². The third-order valence-electron chi connectivity index (χ3n) is 2.57. The van der Waals surface area contributed by atoms with Gasteiger partial charge in [-0.3, -0.25) is 16.3 Å². The van der Waals surface area contributed by atoms with E-state index in [9.17, 15) is 0 Å². The lowest BCUT2D eigenvalue weighted by atomic mass is 9.83. The first kappa shape index (κ1) is 13.9. The second kappa shape index (κ2) is 5.98. The molecule has 96 valence electrons. The van der Waals surface area contributed by atoms with Crippen molar-refractivity contribution in [3.8, 4) is 5.75 Å². The van der Waals surface area contributed by atoms with Gasteiger partial charge in [-0.15, -0.1) is 0 Å². The lowest BCUT2D eigenvalue weighted by Gasteiger charge is -2.30. The summed E-state index contributed by atoms with van der Waals surface area (Å²) in [6.07, 6.45) is 4.55. The number of rotatable bonds is 5. The van der Waals surface area contributed by atoms with Crippen molar-refractivity contribution in [3.05, 3.63) is 24.0 Å². The Balaban J connectivity index is 2.89. The molecule has 17 heavy (non-hydrogen) atoms. The van der Waals surface area contributed by atoms with Gasteiger partial charge < -0.3 is 4.74 Å². The van der Waals surface area contributed by atoms with E-state index in [1.807, 2.05) is 12.3 Å². The average molecular weight is 237 g/mol. The van der Waals surface area contributed by atoms with Crippen LogP contribution in [0.1, 0.15) is 45.7 Å². The molecule has 1 aromatic rings. The van der Waals surface area contributed by atoms with Crippen LogP contribution in [-0.4, -0.2) is 11.6 Å². The van der Waals surface area contributed by atoms with E-state index in [0.29, 0.717) is 6.61 Å². The second-order valence-corrected chi connectivity index (χ2v) is 5.27. The number of hydrogen-bond donors (Lipinski definition) is 2. The molecule has 0 fully saturated rings. The number of hydrogen-bond acceptors (Lipinski definition) is 4. The first-order valence-corrected chi connectivity index (χ1v) is 6.03. The topological polar surface area (TPSA) is 60.2 Å². The molecule has 0 spiro atoms. The Hall–Kier alpha value is -1.13. The van der Waals surface area contributed by atoms with Gasteiger partial charge in [-0.25, -0.2) is 0 Å². The van der Waals surface area contributed by atoms with Gasteiger partial charge in [-0.2, -0.15) is 0 Å². The van der Waals surface area contributed by atoms with Crippen LogP contribution in [-0.2, 0) is 0 Å². The maximum atomic E-state index is 5.62. The Labute approximate surface area is 104 Å². The molecule has 1 rings (SSSR count). The summed E-state index contributed by atoms with van der Waals surface area (Å²) in [5.41, 5.74) is 3.92. The van der Waals surface area contributed by atoms with Crippen molar-refractivity contribution in [3.63, 3.8) is 0 Å². The van der Waals surface area contributed by atoms with Crippen molar-refractivity contribution in [2.45, 2.75) is 40.2 Å². The van der Waals surface area contributed by atoms with Gasteiger partial charge in [-0.05, 0) is 23.5 Å². The molecule has 1 unspecified atom stereocenters. The first-order valence-electron chi connectivity index (χ1n) is 6.03. The van der Waals surface area contributed by atoms with E-state index in [1.165, 1.54) is 0 Å². The molecule has 0 aliphatic heterocycles. The molecule has 1 heterocycles. The standard InChI is InChI=1S/C13H23N3O/c1-5-6-17-11-7-10(8-15-9-11)12(16-14)13(2,3)4/h7-9,12,16H,5-6,14H2,1-4H3. The number of hydrazine groups is 1. The molecule has 1 atom stereocenters. The monoisotopic (exact) mass is 237 g/mol. The molecule has 0 amide bonds. The highest BCUT2D eigenvalue weighted by Gasteiger charge is 2.25. The minimum Gasteiger partial charge on any atom is -0.492 e. The lowest BCUT2D eigenvalue weighted by Crippen LogP contribution is -2.36. The zero-order valence-corrected chi connectivity index (χ0v) is 11.2. The number of ether oxygens (including phenoxy) is 1. The number of nitrogens with zero attached hydrogens (tertiary/aromatic N) is 1. The minimum absolute atomic E-state index is 0.0276. The number of nitrogens with two attached hydrogens (primary N) is 1. The normalized spacial score (nSPS) is 13.5. The molecule has 4 heteroatoms. The largest absolute Gasteiger partial charge is 0.492 e. The molecule has 0 radical (unpaired) electrons. The van der Waals surface area contributed by atoms with Crippen LogP contribution in [0.25, 0.3) is 0 Å². The van der Waals surface area contributed by atoms with Gasteiger partial charge in [0, 0.05) is 6.20 Å². The van der Waals surface area contributed by atoms with Crippen LogP contribution >= 0.6 is 0 Å². The van der Waals surface area contributed by atoms with E-state index in [0.717, 1.165) is 17.7 Å². The number of nitrogens with one attached hydrogen (secondary N) is 1. The zero-order valence-electron chi connectivity index (χ0n) is 11.2. The summed E-state index contributed by atoms with van der Waals surface area (Å²) in [4.78, 5) is 4.20. The van der Waals surface area contributed by atoms with Gasteiger partial charge in [0.15, 0.2) is 0 Å². The van der Waals surface area contributed by atoms with E-state index in [1.54, 1.807) is 6.20 Å². The summed E-state index contributed by atoms with van der Waals surface area (Å²) in [6, 6.07) is 2.05. The number of pyridine rings is 1. The van der Waals surface area contributed by atoms with Crippen LogP contribution in [0.5, 0.6) is 5.75 Å². The van der Waals surface area contributed by atoms with Crippen LogP contribution < -0.4 is 16.0 Å². The van der Waals surface area contributed by atoms with Gasteiger partial charge in [0.1, 0.15) is 5.75 Å². The van der Waals surface area contributed by atoms with Crippen molar-refractivity contribution in [1.82, 2.24) is 10.4 Å². The van der Waals surface area contributed by atoms with E-state index in [2.05, 4.69) is 38.1 Å². The van der Waals surface area contributed by atoms with Crippen molar-refractivity contribution < 1.29 is 4.74 Å². The van der Waals surface area contributed by atoms with Gasteiger partial charge in [0.2, 0.25) is 0 Å². The zero-order chi connectivity index (χ0) is 12.9. The highest BCUT2D eigenvalue weighted by atomic mass is 16.5. The fraction of sp³-hybridized carbons (Fsp3) is 0.615. The van der Waals surface area contributed by atoms with Crippen LogP contribution in [0.4, 0.5) is 0 Å². The van der Waals surface area contributed by atoms with Gasteiger partial charge >= 0.3 is 0 Å². The van der Waals surface area contributed by atoms with Crippen molar-refractivity contribution in [2.75, 3.05) is 6.61 Å². The molecular formula is C13H23N3O. The second-order valence-electron chi connectivity index (χ2n) is 5.27. The third kappa shape index (κ3) is 3.98. The molecule has 0 aliphatic carbocycles. The maximum Gasteiger partial charge on any atom is 0.137 e. The fourth-order valence-electron chi connectivity index (χ4n) is 1.74. The summed E-state index contributed by atoms with van der Waals surface area (Å²) in [5.74, 6) is 6.42. The molecule has 1 aromatic heterocycles. The predicted octanol–water partition coefficient (Wildman–Crippen LogP) is 2.42. The molecule has 0 aliphatic rings. The van der Waals surface area contributed by atoms with Crippen LogP contribution in [0, 0.1) is 5.41 Å². The summed E-state index contributed by atoms with van der Waals surface area (Å²) >= 11 is 0. The Morgan fingerprint density at radius 1 is 1.41 bits per heavy atom. The molecular weight excluding hydrogens is 214 g/mol. The molecule has 3 N–H and O–H groups in total. The molecule has 0 saturated carbocycles. The van der Waals surface area contributed by atoms with Gasteiger partial charge in [0.05, 0.1) is 18.8 Å². The van der Waals surface area contributed by atoms with Crippen molar-refractivity contribution in [2.24, 2.45) is 11.3 Å². The van der Waals surface area contributed by atoms with Crippen LogP contribution in [0.2, 0.25) is 0 Å². The molecule has 0 saturated heterocycles. The Kier molecular flexibility index (Phi) is 4.90. The smallest absolute Gasteiger partial charge is 0.137 e. The Bertz CT molecular complexity index is 347. The SMILES string of the molecule is CCCOc1cncc(C(NN)C(C)(C)C)c1. The van der Waals surface area contributed by atoms with Crippen LogP contribution in [0.15, 0.2) is 18.5 Å². The number of aromatic nitrogens is 1. The van der Waals surface area contributed by atoms with Crippen molar-refractivity contribution in [1.29, 1.82) is 0 Å². The summed E-state index contributed by atoms with van der Waals surface area (Å²) in [6.45, 7) is 9.20. The lowest BCUT2D eigenvalue weighted by molar-refractivity contribution is 0.272. The van der Waals surface area contributed by atoms with E-state index in [-0.39, 0.29) is 11.5 Å². The van der Waals surface area contributed by atoms with Crippen molar-refractivity contribution >= 4 is 0 Å². The van der Waals surface area contributed by atoms with Gasteiger partial charge in [0.25, 0.3) is 0 Å². The van der Waals surface area contributed by atoms with Crippen LogP contribution in [0.3, 0.4) is 0 Å². The summed E-state index contributed by atoms with van der Waals surface area (Å²) < 4.78 is 5.57. The summed E-state index contributed by atoms with van der Waals surface area (Å²) in [7, 11) is 0. The molecule has 4 nitrogen and oxygen atoms in total. The predicted molar refractivity (Wildman–Crippen MR) is 69.5 cm³/mol. The Morgan fingerprint density at radius 2 is 2.12 bits per heavy atom. The molecule has 0 aromatic carbocycles.